The Morgan fingerprint density at radius 1 is 1.53 bits per heavy atom. The van der Waals surface area contributed by atoms with Crippen molar-refractivity contribution in [1.82, 2.24) is 19.9 Å². The highest BCUT2D eigenvalue weighted by molar-refractivity contribution is 7.99. The fraction of sp³-hybridized carbons (Fsp3) is 0.400. The second kappa shape index (κ2) is 5.13. The van der Waals surface area contributed by atoms with Crippen molar-refractivity contribution in [2.45, 2.75) is 25.4 Å². The first-order chi connectivity index (χ1) is 8.20. The van der Waals surface area contributed by atoms with Crippen LogP contribution in [0.5, 0.6) is 0 Å². The number of fused-ring (bicyclic) bond motifs is 1. The standard InChI is InChI=1S/C10H13N5OS/c1-3-4-17-10-14-8-7(11-5-12-8)9(15-10)13-6(2)16/h5H,3-4H2,1-2H3,(H2,11,12,13,14,15,16). The predicted octanol–water partition coefficient (Wildman–Crippen LogP) is 1.81. The summed E-state index contributed by atoms with van der Waals surface area (Å²) in [6, 6.07) is 0. The zero-order valence-electron chi connectivity index (χ0n) is 9.65. The monoisotopic (exact) mass is 251 g/mol. The van der Waals surface area contributed by atoms with Crippen molar-refractivity contribution in [3.8, 4) is 0 Å². The number of carbonyl (C=O) groups is 1. The highest BCUT2D eigenvalue weighted by atomic mass is 32.2. The summed E-state index contributed by atoms with van der Waals surface area (Å²) in [5, 5.41) is 3.31. The van der Waals surface area contributed by atoms with E-state index in [1.807, 2.05) is 0 Å². The van der Waals surface area contributed by atoms with Gasteiger partial charge in [-0.1, -0.05) is 18.7 Å². The second-order valence-electron chi connectivity index (χ2n) is 3.49. The van der Waals surface area contributed by atoms with Crippen molar-refractivity contribution < 1.29 is 4.79 Å². The van der Waals surface area contributed by atoms with Crippen LogP contribution in [0.1, 0.15) is 20.3 Å². The molecular formula is C10H13N5OS. The van der Waals surface area contributed by atoms with Gasteiger partial charge in [0.05, 0.1) is 6.33 Å². The molecule has 0 aromatic carbocycles. The maximum absolute atomic E-state index is 11.1. The molecule has 17 heavy (non-hydrogen) atoms. The Labute approximate surface area is 103 Å². The molecule has 0 spiro atoms. The van der Waals surface area contributed by atoms with Gasteiger partial charge >= 0.3 is 0 Å². The van der Waals surface area contributed by atoms with Gasteiger partial charge in [0.1, 0.15) is 5.52 Å². The van der Waals surface area contributed by atoms with Gasteiger partial charge in [-0.15, -0.1) is 0 Å². The van der Waals surface area contributed by atoms with Crippen molar-refractivity contribution in [3.63, 3.8) is 0 Å². The van der Waals surface area contributed by atoms with E-state index in [-0.39, 0.29) is 5.91 Å². The molecule has 0 aliphatic carbocycles. The summed E-state index contributed by atoms with van der Waals surface area (Å²) in [4.78, 5) is 26.7. The van der Waals surface area contributed by atoms with Gasteiger partial charge in [-0.25, -0.2) is 15.0 Å². The minimum atomic E-state index is -0.161. The Morgan fingerprint density at radius 3 is 3.06 bits per heavy atom. The summed E-state index contributed by atoms with van der Waals surface area (Å²) in [5.74, 6) is 1.26. The molecule has 0 aliphatic heterocycles. The lowest BCUT2D eigenvalue weighted by molar-refractivity contribution is -0.114. The molecule has 0 radical (unpaired) electrons. The molecule has 2 aromatic heterocycles. The smallest absolute Gasteiger partial charge is 0.222 e. The van der Waals surface area contributed by atoms with Gasteiger partial charge in [-0.3, -0.25) is 4.79 Å². The second-order valence-corrected chi connectivity index (χ2v) is 4.55. The summed E-state index contributed by atoms with van der Waals surface area (Å²) in [6.45, 7) is 3.54. The number of carbonyl (C=O) groups excluding carboxylic acids is 1. The average molecular weight is 251 g/mol. The average Bonchev–Trinajstić information content (AvgIpc) is 2.73. The van der Waals surface area contributed by atoms with Crippen molar-refractivity contribution in [3.05, 3.63) is 6.33 Å². The summed E-state index contributed by atoms with van der Waals surface area (Å²) in [7, 11) is 0. The lowest BCUT2D eigenvalue weighted by Gasteiger charge is -2.04. The van der Waals surface area contributed by atoms with Crippen LogP contribution in [0.3, 0.4) is 0 Å². The molecule has 2 aromatic rings. The fourth-order valence-electron chi connectivity index (χ4n) is 1.33. The maximum Gasteiger partial charge on any atom is 0.222 e. The summed E-state index contributed by atoms with van der Waals surface area (Å²) in [5.41, 5.74) is 1.23. The number of amides is 1. The maximum atomic E-state index is 11.1. The van der Waals surface area contributed by atoms with E-state index in [0.717, 1.165) is 12.2 Å². The Balaban J connectivity index is 2.39. The molecule has 0 fully saturated rings. The van der Waals surface area contributed by atoms with Crippen LogP contribution in [-0.2, 0) is 4.79 Å². The van der Waals surface area contributed by atoms with Crippen LogP contribution in [0.4, 0.5) is 5.82 Å². The molecule has 1 amide bonds. The molecule has 2 N–H and O–H groups in total. The van der Waals surface area contributed by atoms with Gasteiger partial charge in [0.15, 0.2) is 16.6 Å². The number of aromatic nitrogens is 4. The van der Waals surface area contributed by atoms with Gasteiger partial charge < -0.3 is 10.3 Å². The van der Waals surface area contributed by atoms with Crippen LogP contribution in [0.15, 0.2) is 11.5 Å². The molecule has 0 saturated carbocycles. The number of thioether (sulfide) groups is 1. The van der Waals surface area contributed by atoms with Gasteiger partial charge in [0.25, 0.3) is 0 Å². The van der Waals surface area contributed by atoms with Gasteiger partial charge in [0.2, 0.25) is 5.91 Å². The molecule has 0 saturated heterocycles. The van der Waals surface area contributed by atoms with Crippen LogP contribution in [0, 0.1) is 0 Å². The number of hydrogen-bond acceptors (Lipinski definition) is 5. The summed E-state index contributed by atoms with van der Waals surface area (Å²) in [6.07, 6.45) is 2.58. The lowest BCUT2D eigenvalue weighted by atomic mass is 10.5. The number of H-pyrrole nitrogens is 1. The highest BCUT2D eigenvalue weighted by Gasteiger charge is 2.10. The van der Waals surface area contributed by atoms with Gasteiger partial charge in [0, 0.05) is 12.7 Å². The molecule has 6 nitrogen and oxygen atoms in total. The van der Waals surface area contributed by atoms with E-state index < -0.39 is 0 Å². The first-order valence-electron chi connectivity index (χ1n) is 5.32. The van der Waals surface area contributed by atoms with Crippen LogP contribution >= 0.6 is 11.8 Å². The quantitative estimate of drug-likeness (QED) is 0.639. The Morgan fingerprint density at radius 2 is 2.35 bits per heavy atom. The van der Waals surface area contributed by atoms with E-state index in [2.05, 4.69) is 32.2 Å². The molecule has 0 bridgehead atoms. The molecule has 7 heteroatoms. The number of nitrogens with zero attached hydrogens (tertiary/aromatic N) is 3. The van der Waals surface area contributed by atoms with E-state index >= 15 is 0 Å². The number of aromatic amines is 1. The third kappa shape index (κ3) is 2.73. The topological polar surface area (TPSA) is 83.6 Å². The Bertz CT molecular complexity index is 538. The van der Waals surface area contributed by atoms with E-state index in [1.54, 1.807) is 18.1 Å². The molecule has 0 atom stereocenters. The van der Waals surface area contributed by atoms with E-state index in [4.69, 9.17) is 0 Å². The predicted molar refractivity (Wildman–Crippen MR) is 67.0 cm³/mol. The van der Waals surface area contributed by atoms with Crippen molar-refractivity contribution in [2.24, 2.45) is 0 Å². The molecular weight excluding hydrogens is 238 g/mol. The molecule has 2 heterocycles. The first kappa shape index (κ1) is 11.8. The molecule has 90 valence electrons. The van der Waals surface area contributed by atoms with E-state index in [1.165, 1.54) is 6.92 Å². The number of rotatable bonds is 4. The van der Waals surface area contributed by atoms with Crippen LogP contribution in [-0.4, -0.2) is 31.6 Å². The number of hydrogen-bond donors (Lipinski definition) is 2. The van der Waals surface area contributed by atoms with E-state index in [9.17, 15) is 4.79 Å². The Kier molecular flexibility index (Phi) is 3.58. The normalized spacial score (nSPS) is 10.7. The number of imidazole rings is 1. The third-order valence-corrected chi connectivity index (χ3v) is 3.05. The zero-order chi connectivity index (χ0) is 12.3. The van der Waals surface area contributed by atoms with Gasteiger partial charge in [-0.05, 0) is 6.42 Å². The minimum Gasteiger partial charge on any atom is -0.340 e. The molecule has 2 rings (SSSR count). The van der Waals surface area contributed by atoms with Crippen LogP contribution < -0.4 is 5.32 Å². The molecule has 0 aliphatic rings. The first-order valence-corrected chi connectivity index (χ1v) is 6.30. The SMILES string of the molecule is CCCSc1nc(NC(C)=O)c2[nH]cnc2n1. The zero-order valence-corrected chi connectivity index (χ0v) is 10.5. The summed E-state index contributed by atoms with van der Waals surface area (Å²) >= 11 is 1.55. The Hall–Kier alpha value is -1.63. The van der Waals surface area contributed by atoms with E-state index in [0.29, 0.717) is 22.1 Å². The molecule has 0 unspecified atom stereocenters. The van der Waals surface area contributed by atoms with Crippen LogP contribution in [0.25, 0.3) is 11.2 Å². The van der Waals surface area contributed by atoms with Gasteiger partial charge in [-0.2, -0.15) is 0 Å². The van der Waals surface area contributed by atoms with Crippen LogP contribution in [0.2, 0.25) is 0 Å². The number of anilines is 1. The fourth-order valence-corrected chi connectivity index (χ4v) is 2.02. The number of nitrogens with one attached hydrogen (secondary N) is 2. The van der Waals surface area contributed by atoms with Crippen molar-refractivity contribution in [2.75, 3.05) is 11.1 Å². The minimum absolute atomic E-state index is 0.161. The lowest BCUT2D eigenvalue weighted by Crippen LogP contribution is -2.09. The summed E-state index contributed by atoms with van der Waals surface area (Å²) < 4.78 is 0. The highest BCUT2D eigenvalue weighted by Crippen LogP contribution is 2.22. The van der Waals surface area contributed by atoms with Crippen molar-refractivity contribution in [1.29, 1.82) is 0 Å². The largest absolute Gasteiger partial charge is 0.340 e. The van der Waals surface area contributed by atoms with Crippen molar-refractivity contribution >= 4 is 34.7 Å². The third-order valence-electron chi connectivity index (χ3n) is 1.99.